The highest BCUT2D eigenvalue weighted by Gasteiger charge is 2.16. The Labute approximate surface area is 110 Å². The summed E-state index contributed by atoms with van der Waals surface area (Å²) in [6, 6.07) is 6.83. The van der Waals surface area contributed by atoms with Gasteiger partial charge in [-0.25, -0.2) is 4.39 Å². The zero-order chi connectivity index (χ0) is 13.4. The van der Waals surface area contributed by atoms with Crippen molar-refractivity contribution in [3.8, 4) is 0 Å². The van der Waals surface area contributed by atoms with E-state index in [9.17, 15) is 4.39 Å². The minimum atomic E-state index is -0.212. The Morgan fingerprint density at radius 3 is 2.67 bits per heavy atom. The highest BCUT2D eigenvalue weighted by molar-refractivity contribution is 5.20. The molecule has 1 aromatic rings. The van der Waals surface area contributed by atoms with Crippen LogP contribution in [0.1, 0.15) is 38.4 Å². The molecule has 1 rings (SSSR count). The predicted molar refractivity (Wildman–Crippen MR) is 73.1 cm³/mol. The molecule has 0 fully saturated rings. The van der Waals surface area contributed by atoms with Crippen LogP contribution in [0.25, 0.3) is 0 Å². The average molecular weight is 253 g/mol. The number of hydrogen-bond donors (Lipinski definition) is 1. The number of ether oxygens (including phenoxy) is 1. The molecular weight excluding hydrogens is 229 g/mol. The molecule has 0 amide bonds. The number of nitrogens with one attached hydrogen (secondary N) is 1. The summed E-state index contributed by atoms with van der Waals surface area (Å²) in [6.45, 7) is 5.63. The number of halogens is 1. The van der Waals surface area contributed by atoms with Crippen LogP contribution in [0.3, 0.4) is 0 Å². The normalized spacial score (nSPS) is 14.4. The Hall–Kier alpha value is -0.930. The highest BCUT2D eigenvalue weighted by atomic mass is 19.1. The smallest absolute Gasteiger partial charge is 0.129 e. The monoisotopic (exact) mass is 253 g/mol. The van der Waals surface area contributed by atoms with Gasteiger partial charge in [-0.1, -0.05) is 38.5 Å². The van der Waals surface area contributed by atoms with Crippen molar-refractivity contribution in [3.05, 3.63) is 35.6 Å². The number of likely N-dealkylation sites (N-methyl/N-ethyl adjacent to an activating group) is 1. The van der Waals surface area contributed by atoms with Crippen LogP contribution in [0.15, 0.2) is 24.3 Å². The summed E-state index contributed by atoms with van der Waals surface area (Å²) < 4.78 is 19.6. The third-order valence-corrected chi connectivity index (χ3v) is 3.01. The molecular formula is C15H24FNO. The van der Waals surface area contributed by atoms with Crippen LogP contribution < -0.4 is 5.32 Å². The first-order chi connectivity index (χ1) is 8.69. The van der Waals surface area contributed by atoms with E-state index in [1.165, 1.54) is 6.07 Å². The summed E-state index contributed by atoms with van der Waals surface area (Å²) in [5.41, 5.74) is 0.635. The summed E-state index contributed by atoms with van der Waals surface area (Å²) in [5.74, 6) is 0.321. The lowest BCUT2D eigenvalue weighted by Crippen LogP contribution is -2.22. The van der Waals surface area contributed by atoms with E-state index in [-0.39, 0.29) is 11.9 Å². The van der Waals surface area contributed by atoms with Crippen molar-refractivity contribution in [2.45, 2.75) is 32.8 Å². The average Bonchev–Trinajstić information content (AvgIpc) is 2.36. The van der Waals surface area contributed by atoms with Gasteiger partial charge in [0.2, 0.25) is 0 Å². The van der Waals surface area contributed by atoms with E-state index in [4.69, 9.17) is 4.74 Å². The second-order valence-electron chi connectivity index (χ2n) is 4.80. The fourth-order valence-corrected chi connectivity index (χ4v) is 2.04. The molecule has 18 heavy (non-hydrogen) atoms. The summed E-state index contributed by atoms with van der Waals surface area (Å²) in [4.78, 5) is 0. The third-order valence-electron chi connectivity index (χ3n) is 3.01. The molecule has 1 aromatic carbocycles. The number of hydrogen-bond acceptors (Lipinski definition) is 2. The molecule has 0 saturated heterocycles. The van der Waals surface area contributed by atoms with Crippen LogP contribution in [0.5, 0.6) is 0 Å². The molecule has 2 atom stereocenters. The summed E-state index contributed by atoms with van der Waals surface area (Å²) in [7, 11) is 1.85. The SMILES string of the molecule is CCCC(C)COC(CNC)c1ccccc1F. The van der Waals surface area contributed by atoms with Gasteiger partial charge >= 0.3 is 0 Å². The third kappa shape index (κ3) is 4.75. The topological polar surface area (TPSA) is 21.3 Å². The predicted octanol–water partition coefficient (Wildman–Crippen LogP) is 3.54. The Kier molecular flexibility index (Phi) is 6.91. The lowest BCUT2D eigenvalue weighted by molar-refractivity contribution is 0.0290. The molecule has 0 aliphatic rings. The van der Waals surface area contributed by atoms with Crippen molar-refractivity contribution >= 4 is 0 Å². The van der Waals surface area contributed by atoms with Crippen molar-refractivity contribution < 1.29 is 9.13 Å². The zero-order valence-corrected chi connectivity index (χ0v) is 11.6. The van der Waals surface area contributed by atoms with Crippen LogP contribution in [0.4, 0.5) is 4.39 Å². The molecule has 2 unspecified atom stereocenters. The van der Waals surface area contributed by atoms with E-state index in [0.29, 0.717) is 24.6 Å². The molecule has 0 aromatic heterocycles. The van der Waals surface area contributed by atoms with E-state index < -0.39 is 0 Å². The zero-order valence-electron chi connectivity index (χ0n) is 11.6. The molecule has 1 N–H and O–H groups in total. The van der Waals surface area contributed by atoms with Gasteiger partial charge in [0, 0.05) is 12.1 Å². The van der Waals surface area contributed by atoms with E-state index in [2.05, 4.69) is 19.2 Å². The molecule has 0 saturated carbocycles. The molecule has 0 heterocycles. The van der Waals surface area contributed by atoms with Crippen molar-refractivity contribution in [1.29, 1.82) is 0 Å². The summed E-state index contributed by atoms with van der Waals surface area (Å²) >= 11 is 0. The van der Waals surface area contributed by atoms with E-state index in [1.54, 1.807) is 12.1 Å². The van der Waals surface area contributed by atoms with Crippen molar-refractivity contribution in [2.75, 3.05) is 20.2 Å². The van der Waals surface area contributed by atoms with Gasteiger partial charge in [0.1, 0.15) is 5.82 Å². The van der Waals surface area contributed by atoms with Gasteiger partial charge in [-0.05, 0) is 25.5 Å². The Balaban J connectivity index is 2.62. The minimum Gasteiger partial charge on any atom is -0.372 e. The van der Waals surface area contributed by atoms with E-state index in [0.717, 1.165) is 12.8 Å². The summed E-state index contributed by atoms with van der Waals surface area (Å²) in [5, 5.41) is 3.06. The van der Waals surface area contributed by atoms with Crippen molar-refractivity contribution in [3.63, 3.8) is 0 Å². The van der Waals surface area contributed by atoms with Crippen LogP contribution in [0.2, 0.25) is 0 Å². The minimum absolute atomic E-state index is 0.194. The second kappa shape index (κ2) is 8.22. The highest BCUT2D eigenvalue weighted by Crippen LogP contribution is 2.21. The van der Waals surface area contributed by atoms with Gasteiger partial charge in [-0.3, -0.25) is 0 Å². The first-order valence-electron chi connectivity index (χ1n) is 6.69. The van der Waals surface area contributed by atoms with Gasteiger partial charge in [-0.2, -0.15) is 0 Å². The van der Waals surface area contributed by atoms with Crippen molar-refractivity contribution in [1.82, 2.24) is 5.32 Å². The number of benzene rings is 1. The first-order valence-corrected chi connectivity index (χ1v) is 6.69. The molecule has 0 spiro atoms. The largest absolute Gasteiger partial charge is 0.372 e. The first kappa shape index (κ1) is 15.1. The van der Waals surface area contributed by atoms with Gasteiger partial charge < -0.3 is 10.1 Å². The molecule has 0 bridgehead atoms. The maximum atomic E-state index is 13.7. The van der Waals surface area contributed by atoms with Crippen LogP contribution >= 0.6 is 0 Å². The fourth-order valence-electron chi connectivity index (χ4n) is 2.04. The Morgan fingerprint density at radius 1 is 1.33 bits per heavy atom. The number of rotatable bonds is 8. The molecule has 0 aliphatic heterocycles. The van der Waals surface area contributed by atoms with Crippen LogP contribution in [-0.2, 0) is 4.74 Å². The van der Waals surface area contributed by atoms with E-state index >= 15 is 0 Å². The maximum Gasteiger partial charge on any atom is 0.129 e. The van der Waals surface area contributed by atoms with Crippen molar-refractivity contribution in [2.24, 2.45) is 5.92 Å². The Morgan fingerprint density at radius 2 is 2.06 bits per heavy atom. The quantitative estimate of drug-likeness (QED) is 0.765. The van der Waals surface area contributed by atoms with Gasteiger partial charge in [0.15, 0.2) is 0 Å². The standard InChI is InChI=1S/C15H24FNO/c1-4-7-12(2)11-18-15(10-17-3)13-8-5-6-9-14(13)16/h5-6,8-9,12,15,17H,4,7,10-11H2,1-3H3. The Bertz CT molecular complexity index is 343. The lowest BCUT2D eigenvalue weighted by atomic mass is 10.1. The molecule has 0 radical (unpaired) electrons. The van der Waals surface area contributed by atoms with Gasteiger partial charge in [0.05, 0.1) is 12.7 Å². The lowest BCUT2D eigenvalue weighted by Gasteiger charge is -2.21. The maximum absolute atomic E-state index is 13.7. The molecule has 2 nitrogen and oxygen atoms in total. The molecule has 0 aliphatic carbocycles. The fraction of sp³-hybridized carbons (Fsp3) is 0.600. The van der Waals surface area contributed by atoms with Gasteiger partial charge in [0.25, 0.3) is 0 Å². The van der Waals surface area contributed by atoms with Gasteiger partial charge in [-0.15, -0.1) is 0 Å². The van der Waals surface area contributed by atoms with Crippen LogP contribution in [0, 0.1) is 11.7 Å². The summed E-state index contributed by atoms with van der Waals surface area (Å²) in [6.07, 6.45) is 2.08. The van der Waals surface area contributed by atoms with Crippen LogP contribution in [-0.4, -0.2) is 20.2 Å². The molecule has 102 valence electrons. The van der Waals surface area contributed by atoms with E-state index in [1.807, 2.05) is 13.1 Å². The molecule has 3 heteroatoms. The second-order valence-corrected chi connectivity index (χ2v) is 4.80.